The smallest absolute Gasteiger partial charge is 0.244 e. The zero-order valence-electron chi connectivity index (χ0n) is 13.8. The second kappa shape index (κ2) is 7.43. The van der Waals surface area contributed by atoms with E-state index in [1.807, 2.05) is 24.3 Å². The summed E-state index contributed by atoms with van der Waals surface area (Å²) < 4.78 is 11.8. The summed E-state index contributed by atoms with van der Waals surface area (Å²) in [5.41, 5.74) is 1.45. The van der Waals surface area contributed by atoms with Gasteiger partial charge in [0.05, 0.1) is 20.8 Å². The summed E-state index contributed by atoms with van der Waals surface area (Å²) in [4.78, 5) is 12.0. The Bertz CT molecular complexity index is 920. The molecule has 1 N–H and O–H groups in total. The van der Waals surface area contributed by atoms with Crippen LogP contribution in [0.15, 0.2) is 42.5 Å². The number of aromatic nitrogens is 4. The van der Waals surface area contributed by atoms with Gasteiger partial charge in [0.25, 0.3) is 0 Å². The van der Waals surface area contributed by atoms with E-state index in [2.05, 4.69) is 20.6 Å². The predicted molar refractivity (Wildman–Crippen MR) is 91.2 cm³/mol. The van der Waals surface area contributed by atoms with Crippen LogP contribution in [-0.2, 0) is 11.3 Å². The van der Waals surface area contributed by atoms with Gasteiger partial charge in [-0.25, -0.2) is 0 Å². The van der Waals surface area contributed by atoms with Crippen molar-refractivity contribution in [3.8, 4) is 11.6 Å². The molecule has 0 saturated carbocycles. The van der Waals surface area contributed by atoms with Crippen LogP contribution in [0.25, 0.3) is 11.7 Å². The maximum atomic E-state index is 12.0. The van der Waals surface area contributed by atoms with Crippen LogP contribution in [0.2, 0.25) is 0 Å². The van der Waals surface area contributed by atoms with Crippen molar-refractivity contribution in [3.63, 3.8) is 0 Å². The zero-order valence-corrected chi connectivity index (χ0v) is 13.8. The van der Waals surface area contributed by atoms with Gasteiger partial charge in [-0.05, 0) is 29.8 Å². The molecular weight excluding hydrogens is 322 g/mol. The second-order valence-electron chi connectivity index (χ2n) is 5.09. The van der Waals surface area contributed by atoms with Gasteiger partial charge >= 0.3 is 0 Å². The number of ether oxygens (including phenoxy) is 2. The van der Waals surface area contributed by atoms with Crippen molar-refractivity contribution in [1.29, 1.82) is 0 Å². The number of carbonyl (C=O) groups excluding carboxylic acids is 1. The second-order valence-corrected chi connectivity index (χ2v) is 5.09. The molecule has 3 aromatic rings. The SMILES string of the molecule is COc1cccc(/C=C/C(=O)NCc2nnc3ccc(OC)nn23)c1. The molecule has 0 aliphatic carbocycles. The van der Waals surface area contributed by atoms with Crippen LogP contribution in [0.5, 0.6) is 11.6 Å². The first-order valence-electron chi connectivity index (χ1n) is 7.55. The number of hydrogen-bond donors (Lipinski definition) is 1. The van der Waals surface area contributed by atoms with E-state index in [4.69, 9.17) is 9.47 Å². The van der Waals surface area contributed by atoms with Crippen molar-refractivity contribution in [1.82, 2.24) is 25.1 Å². The van der Waals surface area contributed by atoms with Crippen molar-refractivity contribution < 1.29 is 14.3 Å². The van der Waals surface area contributed by atoms with E-state index in [-0.39, 0.29) is 12.5 Å². The Morgan fingerprint density at radius 1 is 1.20 bits per heavy atom. The lowest BCUT2D eigenvalue weighted by Gasteiger charge is -2.02. The fraction of sp³-hybridized carbons (Fsp3) is 0.176. The Hall–Kier alpha value is -3.42. The monoisotopic (exact) mass is 339 g/mol. The molecule has 0 aliphatic heterocycles. The standard InChI is InChI=1S/C17H17N5O3/c1-24-13-5-3-4-12(10-13)6-8-16(23)18-11-15-20-19-14-7-9-17(25-2)21-22(14)15/h3-10H,11H2,1-2H3,(H,18,23)/b8-6+. The van der Waals surface area contributed by atoms with Gasteiger partial charge in [-0.1, -0.05) is 12.1 Å². The third-order valence-electron chi connectivity index (χ3n) is 3.45. The van der Waals surface area contributed by atoms with Crippen molar-refractivity contribution >= 4 is 17.6 Å². The van der Waals surface area contributed by atoms with E-state index >= 15 is 0 Å². The summed E-state index contributed by atoms with van der Waals surface area (Å²) in [5, 5.41) is 15.0. The lowest BCUT2D eigenvalue weighted by molar-refractivity contribution is -0.116. The molecule has 0 radical (unpaired) electrons. The minimum atomic E-state index is -0.248. The minimum Gasteiger partial charge on any atom is -0.497 e. The number of carbonyl (C=O) groups is 1. The number of methoxy groups -OCH3 is 2. The maximum Gasteiger partial charge on any atom is 0.244 e. The van der Waals surface area contributed by atoms with Gasteiger partial charge in [0.1, 0.15) is 5.75 Å². The summed E-state index contributed by atoms with van der Waals surface area (Å²) in [6.07, 6.45) is 3.16. The molecule has 2 heterocycles. The summed E-state index contributed by atoms with van der Waals surface area (Å²) in [5.74, 6) is 1.44. The van der Waals surface area contributed by atoms with Crippen LogP contribution >= 0.6 is 0 Å². The number of nitrogens with one attached hydrogen (secondary N) is 1. The highest BCUT2D eigenvalue weighted by Crippen LogP contribution is 2.13. The normalized spacial score (nSPS) is 11.0. The Morgan fingerprint density at radius 2 is 2.08 bits per heavy atom. The molecule has 0 atom stereocenters. The van der Waals surface area contributed by atoms with E-state index < -0.39 is 0 Å². The molecule has 0 aliphatic rings. The van der Waals surface area contributed by atoms with Gasteiger partial charge < -0.3 is 14.8 Å². The zero-order chi connectivity index (χ0) is 17.6. The third-order valence-corrected chi connectivity index (χ3v) is 3.45. The molecule has 25 heavy (non-hydrogen) atoms. The van der Waals surface area contributed by atoms with Crippen LogP contribution in [0, 0.1) is 0 Å². The number of nitrogens with zero attached hydrogens (tertiary/aromatic N) is 4. The van der Waals surface area contributed by atoms with Crippen molar-refractivity contribution in [2.75, 3.05) is 14.2 Å². The topological polar surface area (TPSA) is 90.6 Å². The fourth-order valence-corrected chi connectivity index (χ4v) is 2.18. The molecule has 1 aromatic carbocycles. The molecular formula is C17H17N5O3. The van der Waals surface area contributed by atoms with Crippen molar-refractivity contribution in [2.45, 2.75) is 6.54 Å². The molecule has 3 rings (SSSR count). The lowest BCUT2D eigenvalue weighted by atomic mass is 10.2. The Kier molecular flexibility index (Phi) is 4.89. The number of benzene rings is 1. The van der Waals surface area contributed by atoms with E-state index in [0.717, 1.165) is 11.3 Å². The quantitative estimate of drug-likeness (QED) is 0.684. The highest BCUT2D eigenvalue weighted by molar-refractivity contribution is 5.91. The summed E-state index contributed by atoms with van der Waals surface area (Å²) in [6, 6.07) is 10.9. The highest BCUT2D eigenvalue weighted by atomic mass is 16.5. The average molecular weight is 339 g/mol. The Balaban J connectivity index is 1.65. The predicted octanol–water partition coefficient (Wildman–Crippen LogP) is 1.47. The van der Waals surface area contributed by atoms with Crippen LogP contribution in [0.1, 0.15) is 11.4 Å². The van der Waals surface area contributed by atoms with Gasteiger partial charge in [-0.2, -0.15) is 4.52 Å². The Labute approximate surface area is 144 Å². The van der Waals surface area contributed by atoms with E-state index in [9.17, 15) is 4.79 Å². The number of fused-ring (bicyclic) bond motifs is 1. The van der Waals surface area contributed by atoms with E-state index in [0.29, 0.717) is 17.4 Å². The van der Waals surface area contributed by atoms with Crippen molar-refractivity contribution in [3.05, 3.63) is 53.9 Å². The van der Waals surface area contributed by atoms with Crippen LogP contribution in [-0.4, -0.2) is 39.9 Å². The minimum absolute atomic E-state index is 0.197. The third kappa shape index (κ3) is 3.92. The summed E-state index contributed by atoms with van der Waals surface area (Å²) in [7, 11) is 3.13. The molecule has 0 fully saturated rings. The van der Waals surface area contributed by atoms with E-state index in [1.54, 1.807) is 25.3 Å². The fourth-order valence-electron chi connectivity index (χ4n) is 2.18. The molecule has 0 bridgehead atoms. The molecule has 2 aromatic heterocycles. The molecule has 128 valence electrons. The van der Waals surface area contributed by atoms with Gasteiger partial charge in [0.15, 0.2) is 11.5 Å². The van der Waals surface area contributed by atoms with Gasteiger partial charge in [0.2, 0.25) is 11.8 Å². The van der Waals surface area contributed by atoms with Gasteiger partial charge in [-0.3, -0.25) is 4.79 Å². The molecule has 0 unspecified atom stereocenters. The summed E-state index contributed by atoms with van der Waals surface area (Å²) in [6.45, 7) is 0.197. The van der Waals surface area contributed by atoms with E-state index in [1.165, 1.54) is 17.7 Å². The van der Waals surface area contributed by atoms with Gasteiger partial charge in [0, 0.05) is 12.1 Å². The first-order valence-corrected chi connectivity index (χ1v) is 7.55. The van der Waals surface area contributed by atoms with Crippen LogP contribution < -0.4 is 14.8 Å². The first kappa shape index (κ1) is 16.4. The largest absolute Gasteiger partial charge is 0.497 e. The maximum absolute atomic E-state index is 12.0. The molecule has 0 spiro atoms. The number of amides is 1. The highest BCUT2D eigenvalue weighted by Gasteiger charge is 2.08. The lowest BCUT2D eigenvalue weighted by Crippen LogP contribution is -2.22. The first-order chi connectivity index (χ1) is 12.2. The Morgan fingerprint density at radius 3 is 2.88 bits per heavy atom. The van der Waals surface area contributed by atoms with Gasteiger partial charge in [-0.15, -0.1) is 15.3 Å². The number of rotatable bonds is 6. The molecule has 0 saturated heterocycles. The molecule has 8 nitrogen and oxygen atoms in total. The molecule has 8 heteroatoms. The number of hydrogen-bond acceptors (Lipinski definition) is 6. The molecule has 1 amide bonds. The average Bonchev–Trinajstić information content (AvgIpc) is 3.07. The van der Waals surface area contributed by atoms with Crippen LogP contribution in [0.4, 0.5) is 0 Å². The van der Waals surface area contributed by atoms with Crippen LogP contribution in [0.3, 0.4) is 0 Å². The van der Waals surface area contributed by atoms with Crippen molar-refractivity contribution in [2.24, 2.45) is 0 Å². The summed E-state index contributed by atoms with van der Waals surface area (Å²) >= 11 is 0.